The summed E-state index contributed by atoms with van der Waals surface area (Å²) in [5.74, 6) is 0.428. The molecule has 0 aliphatic rings. The number of pyridine rings is 1. The average molecular weight is 396 g/mol. The molecule has 8 heteroatoms. The van der Waals surface area contributed by atoms with Crippen LogP contribution in [0.15, 0.2) is 71.8 Å². The van der Waals surface area contributed by atoms with E-state index in [9.17, 15) is 13.2 Å². The third kappa shape index (κ3) is 4.86. The van der Waals surface area contributed by atoms with Gasteiger partial charge in [-0.15, -0.1) is 0 Å². The van der Waals surface area contributed by atoms with Gasteiger partial charge in [0.25, 0.3) is 10.0 Å². The number of nitrogens with zero attached hydrogens (tertiary/aromatic N) is 1. The van der Waals surface area contributed by atoms with Crippen LogP contribution in [0.2, 0.25) is 0 Å². The fourth-order valence-electron chi connectivity index (χ4n) is 2.58. The minimum absolute atomic E-state index is 0.133. The Bertz CT molecular complexity index is 1080. The number of amides is 1. The van der Waals surface area contributed by atoms with Gasteiger partial charge in [0.2, 0.25) is 5.91 Å². The summed E-state index contributed by atoms with van der Waals surface area (Å²) in [6.07, 6.45) is 1.45. The Morgan fingerprint density at radius 1 is 0.893 bits per heavy atom. The summed E-state index contributed by atoms with van der Waals surface area (Å²) in [4.78, 5) is 15.5. The van der Waals surface area contributed by atoms with Crippen LogP contribution >= 0.6 is 0 Å². The molecule has 0 radical (unpaired) electrons. The number of sulfonamides is 1. The van der Waals surface area contributed by atoms with Gasteiger partial charge in [-0.2, -0.15) is 0 Å². The molecule has 0 bridgehead atoms. The van der Waals surface area contributed by atoms with Crippen molar-refractivity contribution in [1.82, 2.24) is 4.98 Å². The van der Waals surface area contributed by atoms with Gasteiger partial charge in [0.15, 0.2) is 0 Å². The maximum absolute atomic E-state index is 12.5. The van der Waals surface area contributed by atoms with Gasteiger partial charge in [-0.25, -0.2) is 13.4 Å². The van der Waals surface area contributed by atoms with E-state index in [2.05, 4.69) is 20.3 Å². The number of benzene rings is 2. The molecule has 0 unspecified atom stereocenters. The lowest BCUT2D eigenvalue weighted by molar-refractivity contribution is -0.114. The first-order valence-electron chi connectivity index (χ1n) is 8.53. The molecule has 2 aromatic carbocycles. The molecule has 1 heterocycles. The molecule has 3 rings (SSSR count). The van der Waals surface area contributed by atoms with Gasteiger partial charge in [0.05, 0.1) is 16.8 Å². The highest BCUT2D eigenvalue weighted by Crippen LogP contribution is 2.21. The van der Waals surface area contributed by atoms with Gasteiger partial charge >= 0.3 is 0 Å². The largest absolute Gasteiger partial charge is 0.340 e. The van der Waals surface area contributed by atoms with Gasteiger partial charge in [-0.3, -0.25) is 9.52 Å². The Hall–Kier alpha value is -3.39. The van der Waals surface area contributed by atoms with Crippen LogP contribution in [0.4, 0.5) is 22.9 Å². The molecule has 0 atom stereocenters. The van der Waals surface area contributed by atoms with Crippen molar-refractivity contribution < 1.29 is 13.2 Å². The monoisotopic (exact) mass is 396 g/mol. The number of carbonyl (C=O) groups is 1. The van der Waals surface area contributed by atoms with E-state index in [0.717, 1.165) is 5.69 Å². The molecule has 3 N–H and O–H groups in total. The minimum atomic E-state index is -3.68. The SMILES string of the molecule is CC(=O)Nc1ccc(Nc2ccc(NS(=O)(=O)c3ccccc3C)cn2)cc1. The highest BCUT2D eigenvalue weighted by Gasteiger charge is 2.16. The van der Waals surface area contributed by atoms with Gasteiger partial charge in [0.1, 0.15) is 5.82 Å². The van der Waals surface area contributed by atoms with Crippen molar-refractivity contribution in [3.05, 3.63) is 72.4 Å². The molecule has 3 aromatic rings. The topological polar surface area (TPSA) is 100 Å². The number of rotatable bonds is 6. The second-order valence-corrected chi connectivity index (χ2v) is 7.84. The summed E-state index contributed by atoms with van der Waals surface area (Å²) in [7, 11) is -3.68. The maximum atomic E-state index is 12.5. The first-order chi connectivity index (χ1) is 13.3. The van der Waals surface area contributed by atoms with Gasteiger partial charge in [0, 0.05) is 18.3 Å². The van der Waals surface area contributed by atoms with Crippen molar-refractivity contribution >= 4 is 38.8 Å². The molecule has 0 saturated heterocycles. The first-order valence-corrected chi connectivity index (χ1v) is 10.0. The Labute approximate surface area is 163 Å². The highest BCUT2D eigenvalue weighted by molar-refractivity contribution is 7.92. The van der Waals surface area contributed by atoms with Crippen LogP contribution in [0.25, 0.3) is 0 Å². The predicted octanol–water partition coefficient (Wildman–Crippen LogP) is 3.89. The van der Waals surface area contributed by atoms with Crippen molar-refractivity contribution in [1.29, 1.82) is 0 Å². The Morgan fingerprint density at radius 2 is 1.54 bits per heavy atom. The normalized spacial score (nSPS) is 10.9. The first kappa shape index (κ1) is 19.4. The Morgan fingerprint density at radius 3 is 2.14 bits per heavy atom. The Kier molecular flexibility index (Phi) is 5.60. The van der Waals surface area contributed by atoms with Crippen molar-refractivity contribution in [2.75, 3.05) is 15.4 Å². The molecule has 0 aliphatic carbocycles. The number of carbonyl (C=O) groups excluding carboxylic acids is 1. The second kappa shape index (κ2) is 8.10. The van der Waals surface area contributed by atoms with E-state index in [1.165, 1.54) is 13.1 Å². The average Bonchev–Trinajstić information content (AvgIpc) is 2.64. The number of hydrogen-bond acceptors (Lipinski definition) is 5. The zero-order valence-electron chi connectivity index (χ0n) is 15.4. The van der Waals surface area contributed by atoms with Crippen LogP contribution in [0.1, 0.15) is 12.5 Å². The molecule has 144 valence electrons. The fraction of sp³-hybridized carbons (Fsp3) is 0.100. The van der Waals surface area contributed by atoms with Crippen molar-refractivity contribution in [2.24, 2.45) is 0 Å². The zero-order chi connectivity index (χ0) is 20.1. The second-order valence-electron chi connectivity index (χ2n) is 6.19. The molecule has 1 aromatic heterocycles. The number of aromatic nitrogens is 1. The summed E-state index contributed by atoms with van der Waals surface area (Å²) < 4.78 is 27.6. The lowest BCUT2D eigenvalue weighted by atomic mass is 10.2. The van der Waals surface area contributed by atoms with Gasteiger partial charge in [-0.1, -0.05) is 18.2 Å². The number of hydrogen-bond donors (Lipinski definition) is 3. The number of anilines is 4. The Balaban J connectivity index is 1.68. The lowest BCUT2D eigenvalue weighted by Gasteiger charge is -2.11. The molecule has 0 fully saturated rings. The molecule has 28 heavy (non-hydrogen) atoms. The lowest BCUT2D eigenvalue weighted by Crippen LogP contribution is -2.14. The molecular weight excluding hydrogens is 376 g/mol. The standard InChI is InChI=1S/C20H20N4O3S/c1-14-5-3-4-6-19(14)28(26,27)24-18-11-12-20(21-13-18)23-17-9-7-16(8-10-17)22-15(2)25/h3-13,24H,1-2H3,(H,21,23)(H,22,25). The summed E-state index contributed by atoms with van der Waals surface area (Å²) in [6.45, 7) is 3.20. The summed E-state index contributed by atoms with van der Waals surface area (Å²) in [5.41, 5.74) is 2.53. The molecular formula is C20H20N4O3S. The van der Waals surface area contributed by atoms with Crippen LogP contribution in [-0.2, 0) is 14.8 Å². The van der Waals surface area contributed by atoms with Crippen LogP contribution in [0.3, 0.4) is 0 Å². The summed E-state index contributed by atoms with van der Waals surface area (Å²) in [5, 5.41) is 5.81. The van der Waals surface area contributed by atoms with E-state index in [1.807, 2.05) is 12.1 Å². The fourth-order valence-corrected chi connectivity index (χ4v) is 3.87. The zero-order valence-corrected chi connectivity index (χ0v) is 16.2. The van der Waals surface area contributed by atoms with Gasteiger partial charge in [-0.05, 0) is 55.0 Å². The third-order valence-electron chi connectivity index (χ3n) is 3.88. The van der Waals surface area contributed by atoms with E-state index < -0.39 is 10.0 Å². The third-order valence-corrected chi connectivity index (χ3v) is 5.42. The van der Waals surface area contributed by atoms with Crippen LogP contribution in [0, 0.1) is 6.92 Å². The van der Waals surface area contributed by atoms with E-state index in [1.54, 1.807) is 55.5 Å². The van der Waals surface area contributed by atoms with Crippen molar-refractivity contribution in [3.8, 4) is 0 Å². The van der Waals surface area contributed by atoms with E-state index >= 15 is 0 Å². The molecule has 7 nitrogen and oxygen atoms in total. The summed E-state index contributed by atoms with van der Waals surface area (Å²) in [6, 6.07) is 17.3. The highest BCUT2D eigenvalue weighted by atomic mass is 32.2. The van der Waals surface area contributed by atoms with E-state index in [4.69, 9.17) is 0 Å². The summed E-state index contributed by atoms with van der Waals surface area (Å²) >= 11 is 0. The van der Waals surface area contributed by atoms with E-state index in [0.29, 0.717) is 22.8 Å². The number of nitrogens with one attached hydrogen (secondary N) is 3. The minimum Gasteiger partial charge on any atom is -0.340 e. The van der Waals surface area contributed by atoms with Gasteiger partial charge < -0.3 is 10.6 Å². The smallest absolute Gasteiger partial charge is 0.262 e. The van der Waals surface area contributed by atoms with Crippen LogP contribution in [0.5, 0.6) is 0 Å². The molecule has 0 aliphatic heterocycles. The van der Waals surface area contributed by atoms with Crippen LogP contribution in [-0.4, -0.2) is 19.3 Å². The number of aryl methyl sites for hydroxylation is 1. The molecule has 1 amide bonds. The maximum Gasteiger partial charge on any atom is 0.262 e. The van der Waals surface area contributed by atoms with E-state index in [-0.39, 0.29) is 10.8 Å². The van der Waals surface area contributed by atoms with Crippen molar-refractivity contribution in [2.45, 2.75) is 18.7 Å². The molecule has 0 saturated carbocycles. The predicted molar refractivity (Wildman–Crippen MR) is 110 cm³/mol. The van der Waals surface area contributed by atoms with Crippen molar-refractivity contribution in [3.63, 3.8) is 0 Å². The van der Waals surface area contributed by atoms with Crippen LogP contribution < -0.4 is 15.4 Å². The quantitative estimate of drug-likeness (QED) is 0.587. The molecule has 0 spiro atoms.